The highest BCUT2D eigenvalue weighted by molar-refractivity contribution is 5.20. The molecule has 1 unspecified atom stereocenters. The average Bonchev–Trinajstić information content (AvgIpc) is 2.49. The Morgan fingerprint density at radius 3 is 2.64 bits per heavy atom. The predicted octanol–water partition coefficient (Wildman–Crippen LogP) is 1.16. The predicted molar refractivity (Wildman–Crippen MR) is 55.0 cm³/mol. The molecule has 0 spiro atoms. The Hall–Kier alpha value is -1.10. The summed E-state index contributed by atoms with van der Waals surface area (Å²) in [5.74, 6) is 1.23. The summed E-state index contributed by atoms with van der Waals surface area (Å²) in [5, 5.41) is 6.81. The van der Waals surface area contributed by atoms with Gasteiger partial charge >= 0.3 is 6.01 Å². The van der Waals surface area contributed by atoms with Gasteiger partial charge in [0.15, 0.2) is 5.82 Å². The van der Waals surface area contributed by atoms with Gasteiger partial charge in [-0.3, -0.25) is 0 Å². The minimum atomic E-state index is 0.204. The number of rotatable bonds is 5. The van der Waals surface area contributed by atoms with Gasteiger partial charge in [-0.15, -0.1) is 0 Å². The molecule has 1 rings (SSSR count). The largest absolute Gasteiger partial charge is 0.334 e. The molecule has 1 aromatic heterocycles. The maximum atomic E-state index is 5.62. The van der Waals surface area contributed by atoms with Gasteiger partial charge in [0, 0.05) is 12.6 Å². The Morgan fingerprint density at radius 1 is 1.50 bits per heavy atom. The number of nitrogens with two attached hydrogens (primary N) is 1. The lowest BCUT2D eigenvalue weighted by atomic mass is 10.0. The molecule has 1 aromatic rings. The maximum absolute atomic E-state index is 5.62. The van der Waals surface area contributed by atoms with E-state index in [4.69, 9.17) is 10.3 Å². The smallest absolute Gasteiger partial charge is 0.321 e. The van der Waals surface area contributed by atoms with Gasteiger partial charge < -0.3 is 15.6 Å². The normalized spacial score (nSPS) is 13.2. The molecule has 1 heterocycles. The number of nitrogens with one attached hydrogen (secondary N) is 1. The molecule has 0 aliphatic heterocycles. The number of anilines is 1. The molecule has 14 heavy (non-hydrogen) atoms. The second-order valence-electron chi connectivity index (χ2n) is 3.85. The van der Waals surface area contributed by atoms with Crippen LogP contribution in [0.5, 0.6) is 0 Å². The fourth-order valence-electron chi connectivity index (χ4n) is 1.31. The van der Waals surface area contributed by atoms with E-state index in [1.165, 1.54) is 0 Å². The van der Waals surface area contributed by atoms with E-state index in [1.54, 1.807) is 6.92 Å². The Bertz CT molecular complexity index is 272. The molecule has 0 aromatic carbocycles. The van der Waals surface area contributed by atoms with Gasteiger partial charge in [0.05, 0.1) is 0 Å². The number of aryl methyl sites for hydroxylation is 1. The van der Waals surface area contributed by atoms with Crippen molar-refractivity contribution < 1.29 is 4.52 Å². The van der Waals surface area contributed by atoms with Crippen LogP contribution in [0.3, 0.4) is 0 Å². The Morgan fingerprint density at radius 2 is 2.21 bits per heavy atom. The molecule has 0 aliphatic rings. The van der Waals surface area contributed by atoms with Crippen LogP contribution in [0.15, 0.2) is 4.52 Å². The van der Waals surface area contributed by atoms with Crippen molar-refractivity contribution in [2.75, 3.05) is 11.9 Å². The summed E-state index contributed by atoms with van der Waals surface area (Å²) in [6, 6.07) is 0.661. The summed E-state index contributed by atoms with van der Waals surface area (Å²) in [6.45, 7) is 6.67. The molecule has 0 fully saturated rings. The van der Waals surface area contributed by atoms with Crippen LogP contribution >= 0.6 is 0 Å². The summed E-state index contributed by atoms with van der Waals surface area (Å²) < 4.78 is 4.95. The van der Waals surface area contributed by atoms with Crippen molar-refractivity contribution in [3.8, 4) is 0 Å². The van der Waals surface area contributed by atoms with Crippen molar-refractivity contribution in [2.45, 2.75) is 33.2 Å². The lowest BCUT2D eigenvalue weighted by Crippen LogP contribution is -2.30. The fourth-order valence-corrected chi connectivity index (χ4v) is 1.31. The molecule has 5 nitrogen and oxygen atoms in total. The summed E-state index contributed by atoms with van der Waals surface area (Å²) >= 11 is 0. The van der Waals surface area contributed by atoms with Crippen LogP contribution in [0, 0.1) is 12.8 Å². The summed E-state index contributed by atoms with van der Waals surface area (Å²) in [7, 11) is 0. The molecule has 0 saturated heterocycles. The highest BCUT2D eigenvalue weighted by atomic mass is 16.5. The molecular formula is C9H18N4O. The zero-order valence-corrected chi connectivity index (χ0v) is 8.95. The average molecular weight is 198 g/mol. The topological polar surface area (TPSA) is 77.0 Å². The monoisotopic (exact) mass is 198 g/mol. The molecule has 0 saturated carbocycles. The van der Waals surface area contributed by atoms with Crippen molar-refractivity contribution in [1.29, 1.82) is 0 Å². The van der Waals surface area contributed by atoms with Crippen LogP contribution in [-0.4, -0.2) is 22.7 Å². The van der Waals surface area contributed by atoms with Gasteiger partial charge in [-0.05, 0) is 19.3 Å². The van der Waals surface area contributed by atoms with Crippen molar-refractivity contribution >= 4 is 6.01 Å². The SMILES string of the molecule is Cc1noc(NC(CN)CC(C)C)n1. The van der Waals surface area contributed by atoms with Crippen LogP contribution in [-0.2, 0) is 0 Å². The summed E-state index contributed by atoms with van der Waals surface area (Å²) in [4.78, 5) is 4.06. The lowest BCUT2D eigenvalue weighted by molar-refractivity contribution is 0.415. The van der Waals surface area contributed by atoms with Gasteiger partial charge in [0.2, 0.25) is 0 Å². The number of aromatic nitrogens is 2. The first kappa shape index (κ1) is 11.0. The van der Waals surface area contributed by atoms with E-state index in [-0.39, 0.29) is 6.04 Å². The van der Waals surface area contributed by atoms with Gasteiger partial charge in [0.1, 0.15) is 0 Å². The van der Waals surface area contributed by atoms with Crippen LogP contribution in [0.4, 0.5) is 6.01 Å². The van der Waals surface area contributed by atoms with E-state index >= 15 is 0 Å². The second kappa shape index (κ2) is 4.95. The van der Waals surface area contributed by atoms with E-state index < -0.39 is 0 Å². The molecular weight excluding hydrogens is 180 g/mol. The van der Waals surface area contributed by atoms with E-state index in [0.717, 1.165) is 6.42 Å². The summed E-state index contributed by atoms with van der Waals surface area (Å²) in [6.07, 6.45) is 0.998. The third-order valence-electron chi connectivity index (χ3n) is 1.90. The zero-order chi connectivity index (χ0) is 10.6. The first-order valence-electron chi connectivity index (χ1n) is 4.88. The Balaban J connectivity index is 2.48. The highest BCUT2D eigenvalue weighted by Crippen LogP contribution is 2.10. The third-order valence-corrected chi connectivity index (χ3v) is 1.90. The first-order valence-corrected chi connectivity index (χ1v) is 4.88. The van der Waals surface area contributed by atoms with Gasteiger partial charge in [-0.2, -0.15) is 4.98 Å². The Kier molecular flexibility index (Phi) is 3.88. The van der Waals surface area contributed by atoms with Crippen LogP contribution in [0.2, 0.25) is 0 Å². The fraction of sp³-hybridized carbons (Fsp3) is 0.778. The third kappa shape index (κ3) is 3.33. The molecule has 5 heteroatoms. The zero-order valence-electron chi connectivity index (χ0n) is 8.95. The number of nitrogens with zero attached hydrogens (tertiary/aromatic N) is 2. The quantitative estimate of drug-likeness (QED) is 0.742. The van der Waals surface area contributed by atoms with E-state index in [9.17, 15) is 0 Å². The van der Waals surface area contributed by atoms with Gasteiger partial charge in [0.25, 0.3) is 0 Å². The van der Waals surface area contributed by atoms with Gasteiger partial charge in [-0.25, -0.2) is 0 Å². The second-order valence-corrected chi connectivity index (χ2v) is 3.85. The maximum Gasteiger partial charge on any atom is 0.321 e. The van der Waals surface area contributed by atoms with E-state index in [1.807, 2.05) is 0 Å². The van der Waals surface area contributed by atoms with Crippen molar-refractivity contribution in [3.05, 3.63) is 5.82 Å². The first-order chi connectivity index (χ1) is 6.61. The lowest BCUT2D eigenvalue weighted by Gasteiger charge is -2.16. The molecule has 0 aliphatic carbocycles. The molecule has 0 amide bonds. The standard InChI is InChI=1S/C9H18N4O/c1-6(2)4-8(5-10)12-9-11-7(3)13-14-9/h6,8H,4-5,10H2,1-3H3,(H,11,12,13). The minimum absolute atomic E-state index is 0.204. The summed E-state index contributed by atoms with van der Waals surface area (Å²) in [5.41, 5.74) is 5.62. The van der Waals surface area contributed by atoms with Crippen LogP contribution in [0.25, 0.3) is 0 Å². The van der Waals surface area contributed by atoms with E-state index in [0.29, 0.717) is 24.3 Å². The number of hydrogen-bond donors (Lipinski definition) is 2. The molecule has 80 valence electrons. The Labute approximate surface area is 84.1 Å². The highest BCUT2D eigenvalue weighted by Gasteiger charge is 2.11. The molecule has 0 bridgehead atoms. The minimum Gasteiger partial charge on any atom is -0.334 e. The van der Waals surface area contributed by atoms with E-state index in [2.05, 4.69) is 29.3 Å². The van der Waals surface area contributed by atoms with Gasteiger partial charge in [-0.1, -0.05) is 19.0 Å². The van der Waals surface area contributed by atoms with Crippen LogP contribution < -0.4 is 11.1 Å². The van der Waals surface area contributed by atoms with Crippen molar-refractivity contribution in [2.24, 2.45) is 11.7 Å². The van der Waals surface area contributed by atoms with Crippen LogP contribution in [0.1, 0.15) is 26.1 Å². The van der Waals surface area contributed by atoms with Crippen molar-refractivity contribution in [3.63, 3.8) is 0 Å². The molecule has 0 radical (unpaired) electrons. The number of hydrogen-bond acceptors (Lipinski definition) is 5. The molecule has 3 N–H and O–H groups in total. The molecule has 1 atom stereocenters. The van der Waals surface area contributed by atoms with Crippen molar-refractivity contribution in [1.82, 2.24) is 10.1 Å².